The molecule has 1 aliphatic rings. The van der Waals surface area contributed by atoms with Crippen molar-refractivity contribution in [3.8, 4) is 11.5 Å². The smallest absolute Gasteiger partial charge is 0.342 e. The average Bonchev–Trinajstić information content (AvgIpc) is 2.43. The van der Waals surface area contributed by atoms with E-state index in [-0.39, 0.29) is 23.2 Å². The molecule has 0 bridgehead atoms. The van der Waals surface area contributed by atoms with Crippen LogP contribution >= 0.6 is 0 Å². The van der Waals surface area contributed by atoms with Crippen molar-refractivity contribution in [3.05, 3.63) is 41.5 Å². The van der Waals surface area contributed by atoms with Crippen LogP contribution in [0.3, 0.4) is 0 Å². The predicted octanol–water partition coefficient (Wildman–Crippen LogP) is 4.18. The van der Waals surface area contributed by atoms with Crippen LogP contribution < -0.4 is 0 Å². The van der Waals surface area contributed by atoms with Crippen molar-refractivity contribution in [2.24, 2.45) is 0 Å². The molecule has 1 aromatic carbocycles. The maximum absolute atomic E-state index is 12.3. The summed E-state index contributed by atoms with van der Waals surface area (Å²) >= 11 is 0. The van der Waals surface area contributed by atoms with Crippen molar-refractivity contribution in [1.29, 1.82) is 0 Å². The number of fused-ring (bicyclic) bond motifs is 1. The highest BCUT2D eigenvalue weighted by Crippen LogP contribution is 2.29. The molecule has 1 aromatic rings. The van der Waals surface area contributed by atoms with Gasteiger partial charge in [0.2, 0.25) is 0 Å². The molecule has 4 heteroatoms. The maximum atomic E-state index is 12.3. The average molecular weight is 302 g/mol. The minimum absolute atomic E-state index is 0.0780. The molecular weight excluding hydrogens is 280 g/mol. The van der Waals surface area contributed by atoms with Crippen LogP contribution in [0.5, 0.6) is 11.5 Å². The highest BCUT2D eigenvalue weighted by atomic mass is 16.5. The molecule has 0 radical (unpaired) electrons. The number of ether oxygens (including phenoxy) is 1. The third-order valence-electron chi connectivity index (χ3n) is 3.57. The van der Waals surface area contributed by atoms with Gasteiger partial charge in [0.25, 0.3) is 0 Å². The molecule has 1 atom stereocenters. The van der Waals surface area contributed by atoms with E-state index in [0.29, 0.717) is 12.0 Å². The molecule has 2 N–H and O–H groups in total. The lowest BCUT2D eigenvalue weighted by atomic mass is 10.0. The normalized spacial score (nSPS) is 23.0. The van der Waals surface area contributed by atoms with Gasteiger partial charge in [-0.2, -0.15) is 0 Å². The van der Waals surface area contributed by atoms with Crippen molar-refractivity contribution in [3.63, 3.8) is 0 Å². The highest BCUT2D eigenvalue weighted by molar-refractivity contribution is 5.97. The van der Waals surface area contributed by atoms with Crippen molar-refractivity contribution in [1.82, 2.24) is 0 Å². The first kappa shape index (κ1) is 16.1. The molecule has 0 saturated heterocycles. The van der Waals surface area contributed by atoms with Gasteiger partial charge in [-0.3, -0.25) is 0 Å². The van der Waals surface area contributed by atoms with E-state index in [9.17, 15) is 15.0 Å². The third kappa shape index (κ3) is 4.38. The van der Waals surface area contributed by atoms with Gasteiger partial charge in [-0.1, -0.05) is 24.3 Å². The molecule has 0 saturated carbocycles. The highest BCUT2D eigenvalue weighted by Gasteiger charge is 2.20. The Kier molecular flexibility index (Phi) is 5.64. The maximum Gasteiger partial charge on any atom is 0.342 e. The Morgan fingerprint density at radius 1 is 1.09 bits per heavy atom. The van der Waals surface area contributed by atoms with E-state index in [1.54, 1.807) is 6.08 Å². The van der Waals surface area contributed by atoms with Crippen molar-refractivity contribution < 1.29 is 19.7 Å². The van der Waals surface area contributed by atoms with Gasteiger partial charge in [-0.05, 0) is 44.2 Å². The van der Waals surface area contributed by atoms with Crippen LogP contribution in [0, 0.1) is 0 Å². The summed E-state index contributed by atoms with van der Waals surface area (Å²) in [6.45, 7) is 1.82. The van der Waals surface area contributed by atoms with E-state index >= 15 is 0 Å². The monoisotopic (exact) mass is 302 g/mol. The number of cyclic esters (lactones) is 1. The largest absolute Gasteiger partial charge is 0.508 e. The zero-order valence-electron chi connectivity index (χ0n) is 12.8. The second-order valence-electron chi connectivity index (χ2n) is 5.54. The lowest BCUT2D eigenvalue weighted by molar-refractivity contribution is 0.0344. The fraction of sp³-hybridized carbons (Fsp3) is 0.389. The van der Waals surface area contributed by atoms with Gasteiger partial charge in [-0.25, -0.2) is 4.79 Å². The molecule has 0 unspecified atom stereocenters. The first-order valence-electron chi connectivity index (χ1n) is 7.66. The van der Waals surface area contributed by atoms with Crippen LogP contribution in [0.4, 0.5) is 0 Å². The number of hydrogen-bond donors (Lipinski definition) is 2. The van der Waals surface area contributed by atoms with Gasteiger partial charge < -0.3 is 14.9 Å². The SMILES string of the molecule is C[C@H]1C/C=C/CCCC/C=C/c2cc(O)cc(O)c2C(=O)O1. The van der Waals surface area contributed by atoms with Crippen LogP contribution in [0.25, 0.3) is 6.08 Å². The quantitative estimate of drug-likeness (QED) is 0.557. The van der Waals surface area contributed by atoms with Gasteiger partial charge in [0.05, 0.1) is 0 Å². The zero-order chi connectivity index (χ0) is 15.9. The standard InChI is InChI=1S/C18H22O4/c1-13-9-7-5-3-2-4-6-8-10-14-11-15(19)12-16(20)17(14)18(21)22-13/h5,7-8,10-13,19-20H,2-4,6,9H2,1H3/b7-5+,10-8+/t13-/m0/s1. The third-order valence-corrected chi connectivity index (χ3v) is 3.57. The number of rotatable bonds is 0. The van der Waals surface area contributed by atoms with Crippen molar-refractivity contribution in [2.75, 3.05) is 0 Å². The minimum atomic E-state index is -0.574. The topological polar surface area (TPSA) is 66.8 Å². The molecule has 0 spiro atoms. The van der Waals surface area contributed by atoms with Crippen LogP contribution in [0.15, 0.2) is 30.4 Å². The lowest BCUT2D eigenvalue weighted by Crippen LogP contribution is -2.15. The summed E-state index contributed by atoms with van der Waals surface area (Å²) in [6, 6.07) is 2.62. The van der Waals surface area contributed by atoms with Crippen molar-refractivity contribution >= 4 is 12.0 Å². The number of phenols is 2. The Morgan fingerprint density at radius 3 is 2.59 bits per heavy atom. The van der Waals surface area contributed by atoms with E-state index < -0.39 is 5.97 Å². The van der Waals surface area contributed by atoms with Gasteiger partial charge in [0, 0.05) is 12.5 Å². The minimum Gasteiger partial charge on any atom is -0.508 e. The van der Waals surface area contributed by atoms with E-state index in [1.165, 1.54) is 6.07 Å². The Balaban J connectivity index is 2.34. The zero-order valence-corrected chi connectivity index (χ0v) is 12.8. The Bertz CT molecular complexity index is 587. The number of allylic oxidation sites excluding steroid dienone is 2. The first-order chi connectivity index (χ1) is 10.6. The molecule has 2 rings (SSSR count). The van der Waals surface area contributed by atoms with Crippen molar-refractivity contribution in [2.45, 2.75) is 45.1 Å². The number of phenolic OH excluding ortho intramolecular Hbond substituents is 2. The number of benzene rings is 1. The molecular formula is C18H22O4. The van der Waals surface area contributed by atoms with Gasteiger partial charge in [0.15, 0.2) is 0 Å². The Labute approximate surface area is 130 Å². The molecule has 22 heavy (non-hydrogen) atoms. The van der Waals surface area contributed by atoms with E-state index in [1.807, 2.05) is 19.1 Å². The molecule has 0 aliphatic carbocycles. The Morgan fingerprint density at radius 2 is 1.82 bits per heavy atom. The summed E-state index contributed by atoms with van der Waals surface area (Å²) < 4.78 is 5.38. The summed E-state index contributed by atoms with van der Waals surface area (Å²) in [5, 5.41) is 19.6. The number of hydrogen-bond acceptors (Lipinski definition) is 4. The van der Waals surface area contributed by atoms with E-state index in [2.05, 4.69) is 6.08 Å². The fourth-order valence-corrected chi connectivity index (χ4v) is 2.42. The van der Waals surface area contributed by atoms with Crippen LogP contribution in [0.1, 0.15) is 54.9 Å². The number of carbonyl (C=O) groups excluding carboxylic acids is 1. The van der Waals surface area contributed by atoms with Gasteiger partial charge >= 0.3 is 5.97 Å². The molecule has 118 valence electrons. The lowest BCUT2D eigenvalue weighted by Gasteiger charge is -2.14. The number of aromatic hydroxyl groups is 2. The molecule has 0 fully saturated rings. The fourth-order valence-electron chi connectivity index (χ4n) is 2.42. The Hall–Kier alpha value is -2.23. The number of esters is 1. The summed E-state index contributed by atoms with van der Waals surface area (Å²) in [6.07, 6.45) is 12.3. The molecule has 0 amide bonds. The van der Waals surface area contributed by atoms with Crippen LogP contribution in [-0.2, 0) is 4.74 Å². The van der Waals surface area contributed by atoms with E-state index in [4.69, 9.17) is 4.74 Å². The second kappa shape index (κ2) is 7.69. The molecule has 1 heterocycles. The summed E-state index contributed by atoms with van der Waals surface area (Å²) in [4.78, 5) is 12.3. The summed E-state index contributed by atoms with van der Waals surface area (Å²) in [5.74, 6) is -0.916. The summed E-state index contributed by atoms with van der Waals surface area (Å²) in [5.41, 5.74) is 0.573. The predicted molar refractivity (Wildman–Crippen MR) is 85.9 cm³/mol. The second-order valence-corrected chi connectivity index (χ2v) is 5.54. The van der Waals surface area contributed by atoms with E-state index in [0.717, 1.165) is 31.7 Å². The molecule has 0 aromatic heterocycles. The molecule has 1 aliphatic heterocycles. The van der Waals surface area contributed by atoms with Gasteiger partial charge in [0.1, 0.15) is 23.2 Å². The van der Waals surface area contributed by atoms with Gasteiger partial charge in [-0.15, -0.1) is 0 Å². The molecule has 4 nitrogen and oxygen atoms in total. The first-order valence-corrected chi connectivity index (χ1v) is 7.66. The van der Waals surface area contributed by atoms with Crippen LogP contribution in [0.2, 0.25) is 0 Å². The van der Waals surface area contributed by atoms with Crippen LogP contribution in [-0.4, -0.2) is 22.3 Å². The summed E-state index contributed by atoms with van der Waals surface area (Å²) in [7, 11) is 0. The number of carbonyl (C=O) groups is 1.